The Labute approximate surface area is 176 Å². The number of phenols is 1. The minimum absolute atomic E-state index is 0.418. The second-order valence-corrected chi connectivity index (χ2v) is 10.5. The normalized spacial score (nSPS) is 11.4. The van der Waals surface area contributed by atoms with Crippen LogP contribution in [0.2, 0.25) is 0 Å². The van der Waals surface area contributed by atoms with Gasteiger partial charge in [-0.1, -0.05) is 106 Å². The van der Waals surface area contributed by atoms with E-state index in [1.807, 2.05) is 25.1 Å². The molecule has 0 fully saturated rings. The van der Waals surface area contributed by atoms with Crippen LogP contribution in [-0.4, -0.2) is 5.11 Å². The fourth-order valence-corrected chi connectivity index (χ4v) is 7.67. The first kappa shape index (κ1) is 19.8. The largest absolute Gasteiger partial charge is 0.507 e. The van der Waals surface area contributed by atoms with Gasteiger partial charge in [0.05, 0.1) is 0 Å². The third-order valence-electron chi connectivity index (χ3n) is 5.02. The number of hydrogen-bond donors (Lipinski definition) is 1. The third-order valence-corrected chi connectivity index (χ3v) is 9.30. The van der Waals surface area contributed by atoms with Crippen molar-refractivity contribution in [3.8, 4) is 5.75 Å². The van der Waals surface area contributed by atoms with Gasteiger partial charge in [0.2, 0.25) is 0 Å². The molecule has 0 aliphatic rings. The molecule has 4 aromatic carbocycles. The smallest absolute Gasteiger partial charge is 0.126 e. The van der Waals surface area contributed by atoms with Crippen molar-refractivity contribution >= 4 is 43.0 Å². The van der Waals surface area contributed by atoms with E-state index in [2.05, 4.69) is 85.8 Å². The van der Waals surface area contributed by atoms with Gasteiger partial charge in [0.15, 0.2) is 0 Å². The molecule has 0 saturated heterocycles. The van der Waals surface area contributed by atoms with Crippen molar-refractivity contribution in [2.75, 3.05) is 0 Å². The van der Waals surface area contributed by atoms with Crippen molar-refractivity contribution in [3.05, 3.63) is 108 Å². The fourth-order valence-electron chi connectivity index (χ4n) is 3.48. The summed E-state index contributed by atoms with van der Waals surface area (Å²) in [7, 11) is -0.253. The summed E-state index contributed by atoms with van der Waals surface area (Å²) in [5.74, 6) is 0.420. The Balaban J connectivity index is 1.88. The summed E-state index contributed by atoms with van der Waals surface area (Å²) in [5, 5.41) is 17.0. The van der Waals surface area contributed by atoms with E-state index in [0.717, 1.165) is 10.9 Å². The van der Waals surface area contributed by atoms with E-state index >= 15 is 0 Å². The lowest BCUT2D eigenvalue weighted by atomic mass is 10.2. The summed E-state index contributed by atoms with van der Waals surface area (Å²) in [6, 6.07) is 34.2. The molecule has 4 rings (SSSR count). The van der Waals surface area contributed by atoms with Crippen molar-refractivity contribution in [1.82, 2.24) is 0 Å². The maximum atomic E-state index is 10.6. The summed E-state index contributed by atoms with van der Waals surface area (Å²) in [6.07, 6.45) is 0. The van der Waals surface area contributed by atoms with E-state index in [1.165, 1.54) is 26.8 Å². The van der Waals surface area contributed by atoms with Gasteiger partial charge in [0, 0.05) is 5.30 Å². The summed E-state index contributed by atoms with van der Waals surface area (Å²) < 4.78 is 0. The molecule has 0 bridgehead atoms. The lowest BCUT2D eigenvalue weighted by molar-refractivity contribution is 0.475. The van der Waals surface area contributed by atoms with E-state index in [0.29, 0.717) is 14.3 Å². The van der Waals surface area contributed by atoms with Gasteiger partial charge in [-0.2, -0.15) is 0 Å². The average molecular weight is 414 g/mol. The van der Waals surface area contributed by atoms with Crippen molar-refractivity contribution < 1.29 is 5.11 Å². The first-order valence-corrected chi connectivity index (χ1v) is 12.0. The Bertz CT molecular complexity index is 1070. The molecule has 1 atom stereocenters. The molecule has 29 heavy (non-hydrogen) atoms. The molecule has 0 aliphatic heterocycles. The van der Waals surface area contributed by atoms with Crippen LogP contribution in [0.4, 0.5) is 0 Å². The highest BCUT2D eigenvalue weighted by Gasteiger charge is 2.21. The SMILES string of the molecule is Cc1cccc(Pc2c(C)cccc2P(c2ccccc2)c2ccccc2)c1O. The fraction of sp³-hybridized carbons (Fsp3) is 0.0769. The summed E-state index contributed by atoms with van der Waals surface area (Å²) in [5.41, 5.74) is 2.21. The highest BCUT2D eigenvalue weighted by Crippen LogP contribution is 2.34. The monoisotopic (exact) mass is 414 g/mol. The standard InChI is InChI=1S/C26H24OP2/c1-19-11-9-17-23(25(19)27)28-26-20(2)12-10-18-24(26)29(21-13-5-3-6-14-21)22-15-7-4-8-16-22/h3-18,27-28H,1-2H3. The molecule has 0 heterocycles. The molecule has 0 aromatic heterocycles. The minimum atomic E-state index is -0.671. The van der Waals surface area contributed by atoms with Crippen molar-refractivity contribution in [2.45, 2.75) is 13.8 Å². The summed E-state index contributed by atoms with van der Waals surface area (Å²) >= 11 is 0. The molecule has 0 aliphatic carbocycles. The Morgan fingerprint density at radius 3 is 1.79 bits per heavy atom. The summed E-state index contributed by atoms with van der Waals surface area (Å²) in [4.78, 5) is 0. The zero-order valence-electron chi connectivity index (χ0n) is 16.6. The zero-order chi connectivity index (χ0) is 20.2. The summed E-state index contributed by atoms with van der Waals surface area (Å²) in [6.45, 7) is 4.14. The van der Waals surface area contributed by atoms with Crippen LogP contribution >= 0.6 is 16.5 Å². The van der Waals surface area contributed by atoms with Crippen LogP contribution in [0.15, 0.2) is 97.1 Å². The Hall–Kier alpha value is -2.46. The van der Waals surface area contributed by atoms with E-state index in [9.17, 15) is 5.11 Å². The van der Waals surface area contributed by atoms with Crippen LogP contribution in [0, 0.1) is 13.8 Å². The van der Waals surface area contributed by atoms with Gasteiger partial charge in [0.25, 0.3) is 0 Å². The van der Waals surface area contributed by atoms with Gasteiger partial charge in [-0.05, 0) is 54.1 Å². The van der Waals surface area contributed by atoms with E-state index in [4.69, 9.17) is 0 Å². The van der Waals surface area contributed by atoms with Crippen LogP contribution in [-0.2, 0) is 0 Å². The van der Waals surface area contributed by atoms with E-state index in [1.54, 1.807) is 0 Å². The Morgan fingerprint density at radius 1 is 0.621 bits per heavy atom. The number of aromatic hydroxyl groups is 1. The third kappa shape index (κ3) is 4.27. The van der Waals surface area contributed by atoms with Gasteiger partial charge in [-0.25, -0.2) is 0 Å². The number of aryl methyl sites for hydroxylation is 2. The molecule has 0 radical (unpaired) electrons. The van der Waals surface area contributed by atoms with Gasteiger partial charge < -0.3 is 5.11 Å². The molecule has 1 N–H and O–H groups in total. The maximum absolute atomic E-state index is 10.6. The number of para-hydroxylation sites is 1. The number of phenolic OH excluding ortho intramolecular Hbond substituents is 1. The molecular weight excluding hydrogens is 390 g/mol. The highest BCUT2D eigenvalue weighted by molar-refractivity contribution is 7.81. The quantitative estimate of drug-likeness (QED) is 0.480. The Kier molecular flexibility index (Phi) is 6.10. The van der Waals surface area contributed by atoms with Gasteiger partial charge >= 0.3 is 0 Å². The van der Waals surface area contributed by atoms with Crippen LogP contribution in [0.3, 0.4) is 0 Å². The topological polar surface area (TPSA) is 20.2 Å². The molecule has 1 nitrogen and oxygen atoms in total. The van der Waals surface area contributed by atoms with E-state index < -0.39 is 7.92 Å². The predicted octanol–water partition coefficient (Wildman–Crippen LogP) is 4.40. The molecule has 3 heteroatoms. The lowest BCUT2D eigenvalue weighted by Gasteiger charge is -2.24. The molecule has 4 aromatic rings. The number of hydrogen-bond acceptors (Lipinski definition) is 1. The van der Waals surface area contributed by atoms with Gasteiger partial charge in [-0.3, -0.25) is 0 Å². The van der Waals surface area contributed by atoms with Gasteiger partial charge in [-0.15, -0.1) is 0 Å². The van der Waals surface area contributed by atoms with Gasteiger partial charge in [0.1, 0.15) is 5.75 Å². The highest BCUT2D eigenvalue weighted by atomic mass is 31.1. The van der Waals surface area contributed by atoms with Crippen LogP contribution < -0.4 is 26.5 Å². The Morgan fingerprint density at radius 2 is 1.17 bits per heavy atom. The average Bonchev–Trinajstić information content (AvgIpc) is 2.75. The molecule has 0 saturated carbocycles. The first-order chi connectivity index (χ1) is 14.1. The second-order valence-electron chi connectivity index (χ2n) is 7.07. The zero-order valence-corrected chi connectivity index (χ0v) is 18.5. The molecule has 0 spiro atoms. The molecular formula is C26H24OP2. The molecule has 1 unspecified atom stereocenters. The van der Waals surface area contributed by atoms with Crippen molar-refractivity contribution in [2.24, 2.45) is 0 Å². The van der Waals surface area contributed by atoms with E-state index in [-0.39, 0.29) is 0 Å². The van der Waals surface area contributed by atoms with Crippen LogP contribution in [0.5, 0.6) is 5.75 Å². The van der Waals surface area contributed by atoms with Crippen LogP contribution in [0.25, 0.3) is 0 Å². The second kappa shape index (κ2) is 8.91. The number of benzene rings is 4. The van der Waals surface area contributed by atoms with Crippen molar-refractivity contribution in [3.63, 3.8) is 0 Å². The minimum Gasteiger partial charge on any atom is -0.507 e. The first-order valence-electron chi connectivity index (χ1n) is 9.70. The van der Waals surface area contributed by atoms with Crippen molar-refractivity contribution in [1.29, 1.82) is 0 Å². The molecule has 0 amide bonds. The lowest BCUT2D eigenvalue weighted by Crippen LogP contribution is -2.31. The molecule has 144 valence electrons. The number of rotatable bonds is 5. The predicted molar refractivity (Wildman–Crippen MR) is 130 cm³/mol. The van der Waals surface area contributed by atoms with Crippen LogP contribution in [0.1, 0.15) is 11.1 Å². The maximum Gasteiger partial charge on any atom is 0.126 e.